The summed E-state index contributed by atoms with van der Waals surface area (Å²) in [7, 11) is 0. The molecule has 0 amide bonds. The Bertz CT molecular complexity index is 370. The number of hydrogen-bond donors (Lipinski definition) is 2. The lowest BCUT2D eigenvalue weighted by Crippen LogP contribution is -2.42. The highest BCUT2D eigenvalue weighted by atomic mass is 19.1. The normalized spacial score (nSPS) is 25.4. The molecular weight excluding hydrogens is 212 g/mol. The summed E-state index contributed by atoms with van der Waals surface area (Å²) in [4.78, 5) is 3.69. The van der Waals surface area contributed by atoms with Gasteiger partial charge in [0.2, 0.25) is 0 Å². The zero-order valence-electron chi connectivity index (χ0n) is 8.92. The number of nitrogens with two attached hydrogens (primary N) is 1. The smallest absolute Gasteiger partial charge is 0.168 e. The molecule has 88 valence electrons. The monoisotopic (exact) mass is 227 g/mol. The van der Waals surface area contributed by atoms with E-state index < -0.39 is 11.6 Å². The molecule has 2 rings (SSSR count). The van der Waals surface area contributed by atoms with E-state index in [1.165, 1.54) is 0 Å². The lowest BCUT2D eigenvalue weighted by Gasteiger charge is -2.29. The highest BCUT2D eigenvalue weighted by molar-refractivity contribution is 5.37. The topological polar surface area (TPSA) is 50.9 Å². The van der Waals surface area contributed by atoms with Crippen LogP contribution < -0.4 is 11.1 Å². The van der Waals surface area contributed by atoms with Crippen molar-refractivity contribution in [2.45, 2.75) is 37.8 Å². The zero-order valence-corrected chi connectivity index (χ0v) is 8.92. The molecular formula is C11H15F2N3. The summed E-state index contributed by atoms with van der Waals surface area (Å²) in [5, 5.41) is 2.95. The molecule has 1 aromatic heterocycles. The maximum absolute atomic E-state index is 13.3. The predicted molar refractivity (Wildman–Crippen MR) is 58.0 cm³/mol. The molecule has 2 unspecified atom stereocenters. The SMILES string of the molecule is NC1CCCCC1Nc1ncc(F)cc1F. The van der Waals surface area contributed by atoms with E-state index in [1.54, 1.807) is 0 Å². The molecule has 1 fully saturated rings. The number of hydrogen-bond acceptors (Lipinski definition) is 3. The fraction of sp³-hybridized carbons (Fsp3) is 0.545. The van der Waals surface area contributed by atoms with Crippen LogP contribution in [0.2, 0.25) is 0 Å². The molecule has 0 saturated heterocycles. The van der Waals surface area contributed by atoms with Crippen molar-refractivity contribution in [2.75, 3.05) is 5.32 Å². The molecule has 2 atom stereocenters. The Labute approximate surface area is 93.1 Å². The number of nitrogens with one attached hydrogen (secondary N) is 1. The molecule has 1 heterocycles. The zero-order chi connectivity index (χ0) is 11.5. The van der Waals surface area contributed by atoms with Gasteiger partial charge in [0.05, 0.1) is 6.20 Å². The largest absolute Gasteiger partial charge is 0.363 e. The molecule has 16 heavy (non-hydrogen) atoms. The van der Waals surface area contributed by atoms with Gasteiger partial charge in [-0.15, -0.1) is 0 Å². The number of rotatable bonds is 2. The third-order valence-electron chi connectivity index (χ3n) is 2.95. The number of nitrogens with zero attached hydrogens (tertiary/aromatic N) is 1. The molecule has 0 aliphatic heterocycles. The second kappa shape index (κ2) is 4.74. The summed E-state index contributed by atoms with van der Waals surface area (Å²) in [6.07, 6.45) is 5.02. The van der Waals surface area contributed by atoms with E-state index in [0.29, 0.717) is 0 Å². The van der Waals surface area contributed by atoms with Crippen molar-refractivity contribution in [3.05, 3.63) is 23.9 Å². The summed E-state index contributed by atoms with van der Waals surface area (Å²) in [5.74, 6) is -1.25. The Kier molecular flexibility index (Phi) is 3.33. The van der Waals surface area contributed by atoms with E-state index in [1.807, 2.05) is 0 Å². The van der Waals surface area contributed by atoms with Crippen LogP contribution in [0, 0.1) is 11.6 Å². The van der Waals surface area contributed by atoms with E-state index in [0.717, 1.165) is 37.9 Å². The van der Waals surface area contributed by atoms with Crippen LogP contribution in [-0.4, -0.2) is 17.1 Å². The van der Waals surface area contributed by atoms with Gasteiger partial charge < -0.3 is 11.1 Å². The van der Waals surface area contributed by atoms with Gasteiger partial charge in [0, 0.05) is 18.2 Å². The Morgan fingerprint density at radius 2 is 2.06 bits per heavy atom. The van der Waals surface area contributed by atoms with Crippen molar-refractivity contribution in [3.8, 4) is 0 Å². The lowest BCUT2D eigenvalue weighted by atomic mass is 9.91. The predicted octanol–water partition coefficient (Wildman–Crippen LogP) is 2.04. The first kappa shape index (κ1) is 11.3. The maximum atomic E-state index is 13.3. The molecule has 0 radical (unpaired) electrons. The number of halogens is 2. The van der Waals surface area contributed by atoms with Crippen molar-refractivity contribution in [1.82, 2.24) is 4.98 Å². The molecule has 3 nitrogen and oxygen atoms in total. The van der Waals surface area contributed by atoms with E-state index in [9.17, 15) is 8.78 Å². The Hall–Kier alpha value is -1.23. The van der Waals surface area contributed by atoms with Crippen molar-refractivity contribution in [2.24, 2.45) is 5.73 Å². The molecule has 0 aromatic carbocycles. The first-order valence-electron chi connectivity index (χ1n) is 5.50. The second-order valence-electron chi connectivity index (χ2n) is 4.18. The fourth-order valence-corrected chi connectivity index (χ4v) is 2.04. The summed E-state index contributed by atoms with van der Waals surface area (Å²) in [5.41, 5.74) is 5.92. The summed E-state index contributed by atoms with van der Waals surface area (Å²) in [6.45, 7) is 0. The van der Waals surface area contributed by atoms with Crippen LogP contribution in [0.25, 0.3) is 0 Å². The first-order valence-corrected chi connectivity index (χ1v) is 5.50. The van der Waals surface area contributed by atoms with Gasteiger partial charge in [0.25, 0.3) is 0 Å². The molecule has 0 bridgehead atoms. The Balaban J connectivity index is 2.07. The van der Waals surface area contributed by atoms with Gasteiger partial charge in [0.1, 0.15) is 5.82 Å². The summed E-state index contributed by atoms with van der Waals surface area (Å²) < 4.78 is 26.0. The highest BCUT2D eigenvalue weighted by Crippen LogP contribution is 2.21. The third kappa shape index (κ3) is 2.47. The highest BCUT2D eigenvalue weighted by Gasteiger charge is 2.22. The van der Waals surface area contributed by atoms with Crippen LogP contribution in [-0.2, 0) is 0 Å². The first-order chi connectivity index (χ1) is 7.66. The van der Waals surface area contributed by atoms with Gasteiger partial charge in [-0.05, 0) is 12.8 Å². The summed E-state index contributed by atoms with van der Waals surface area (Å²) in [6, 6.07) is 0.866. The average Bonchev–Trinajstić information content (AvgIpc) is 2.25. The van der Waals surface area contributed by atoms with E-state index >= 15 is 0 Å². The minimum absolute atomic E-state index is 0.0139. The van der Waals surface area contributed by atoms with Gasteiger partial charge >= 0.3 is 0 Å². The van der Waals surface area contributed by atoms with Gasteiger partial charge in [-0.2, -0.15) is 0 Å². The van der Waals surface area contributed by atoms with Crippen molar-refractivity contribution >= 4 is 5.82 Å². The van der Waals surface area contributed by atoms with Crippen LogP contribution in [0.15, 0.2) is 12.3 Å². The molecule has 5 heteroatoms. The van der Waals surface area contributed by atoms with E-state index in [-0.39, 0.29) is 17.9 Å². The molecule has 3 N–H and O–H groups in total. The van der Waals surface area contributed by atoms with Crippen molar-refractivity contribution < 1.29 is 8.78 Å². The number of pyridine rings is 1. The van der Waals surface area contributed by atoms with Gasteiger partial charge in [-0.25, -0.2) is 13.8 Å². The fourth-order valence-electron chi connectivity index (χ4n) is 2.04. The van der Waals surface area contributed by atoms with E-state index in [4.69, 9.17) is 5.73 Å². The van der Waals surface area contributed by atoms with Crippen LogP contribution in [0.4, 0.5) is 14.6 Å². The van der Waals surface area contributed by atoms with E-state index in [2.05, 4.69) is 10.3 Å². The molecule has 1 saturated carbocycles. The maximum Gasteiger partial charge on any atom is 0.168 e. The quantitative estimate of drug-likeness (QED) is 0.813. The minimum Gasteiger partial charge on any atom is -0.363 e. The van der Waals surface area contributed by atoms with Crippen LogP contribution in [0.3, 0.4) is 0 Å². The number of aromatic nitrogens is 1. The molecule has 1 aliphatic carbocycles. The van der Waals surface area contributed by atoms with Gasteiger partial charge in [-0.1, -0.05) is 12.8 Å². The Morgan fingerprint density at radius 3 is 2.75 bits per heavy atom. The summed E-state index contributed by atoms with van der Waals surface area (Å²) >= 11 is 0. The lowest BCUT2D eigenvalue weighted by molar-refractivity contribution is 0.401. The average molecular weight is 227 g/mol. The second-order valence-corrected chi connectivity index (χ2v) is 4.18. The molecule has 0 spiro atoms. The van der Waals surface area contributed by atoms with Gasteiger partial charge in [0.15, 0.2) is 11.6 Å². The van der Waals surface area contributed by atoms with Crippen molar-refractivity contribution in [1.29, 1.82) is 0 Å². The van der Waals surface area contributed by atoms with Crippen LogP contribution in [0.1, 0.15) is 25.7 Å². The standard InChI is InChI=1S/C11H15F2N3/c12-7-5-8(13)11(15-6-7)16-10-4-2-1-3-9(10)14/h5-6,9-10H,1-4,14H2,(H,15,16). The van der Waals surface area contributed by atoms with Crippen molar-refractivity contribution in [3.63, 3.8) is 0 Å². The third-order valence-corrected chi connectivity index (χ3v) is 2.95. The minimum atomic E-state index is -0.670. The molecule has 1 aromatic rings. The number of anilines is 1. The van der Waals surface area contributed by atoms with Crippen LogP contribution in [0.5, 0.6) is 0 Å². The molecule has 1 aliphatic rings. The van der Waals surface area contributed by atoms with Gasteiger partial charge in [-0.3, -0.25) is 0 Å². The Morgan fingerprint density at radius 1 is 1.31 bits per heavy atom. The van der Waals surface area contributed by atoms with Crippen LogP contribution >= 0.6 is 0 Å².